The molecule has 0 amide bonds. The molecule has 0 radical (unpaired) electrons. The van der Waals surface area contributed by atoms with Gasteiger partial charge in [0.2, 0.25) is 0 Å². The molecule has 1 unspecified atom stereocenters. The largest absolute Gasteiger partial charge is 0.396 e. The monoisotopic (exact) mass is 216 g/mol. The van der Waals surface area contributed by atoms with E-state index in [2.05, 4.69) is 37.9 Å². The Bertz CT molecular complexity index is 140. The summed E-state index contributed by atoms with van der Waals surface area (Å²) in [6.45, 7) is 12.4. The smallest absolute Gasteiger partial charge is 0.0431 e. The number of hydrogen-bond donors (Lipinski definition) is 2. The van der Waals surface area contributed by atoms with Gasteiger partial charge in [0, 0.05) is 31.8 Å². The quantitative estimate of drug-likeness (QED) is 0.612. The molecule has 2 N–H and O–H groups in total. The molecular formula is C12H28N2O. The summed E-state index contributed by atoms with van der Waals surface area (Å²) in [5, 5.41) is 12.2. The van der Waals surface area contributed by atoms with Crippen LogP contribution in [0.25, 0.3) is 0 Å². The number of aliphatic hydroxyl groups excluding tert-OH is 1. The summed E-state index contributed by atoms with van der Waals surface area (Å²) >= 11 is 0. The Labute approximate surface area is 94.9 Å². The molecule has 0 aromatic rings. The van der Waals surface area contributed by atoms with E-state index in [1.807, 2.05) is 0 Å². The number of likely N-dealkylation sites (N-methyl/N-ethyl adjacent to an activating group) is 1. The van der Waals surface area contributed by atoms with Crippen molar-refractivity contribution in [1.29, 1.82) is 0 Å². The van der Waals surface area contributed by atoms with Crippen LogP contribution in [-0.4, -0.2) is 48.3 Å². The van der Waals surface area contributed by atoms with Gasteiger partial charge in [-0.2, -0.15) is 0 Å². The predicted octanol–water partition coefficient (Wildman–Crippen LogP) is 1.47. The highest BCUT2D eigenvalue weighted by Gasteiger charge is 2.06. The third-order valence-corrected chi connectivity index (χ3v) is 2.82. The van der Waals surface area contributed by atoms with E-state index < -0.39 is 0 Å². The molecule has 0 saturated heterocycles. The molecule has 0 aliphatic carbocycles. The van der Waals surface area contributed by atoms with Gasteiger partial charge in [0.15, 0.2) is 0 Å². The summed E-state index contributed by atoms with van der Waals surface area (Å²) in [6.07, 6.45) is 1.96. The lowest BCUT2D eigenvalue weighted by atomic mass is 10.2. The van der Waals surface area contributed by atoms with Gasteiger partial charge in [-0.15, -0.1) is 0 Å². The third kappa shape index (κ3) is 7.77. The van der Waals surface area contributed by atoms with Crippen LogP contribution in [0, 0.1) is 0 Å². The lowest BCUT2D eigenvalue weighted by Crippen LogP contribution is -2.39. The highest BCUT2D eigenvalue weighted by atomic mass is 16.2. The Morgan fingerprint density at radius 3 is 2.40 bits per heavy atom. The Balaban J connectivity index is 3.50. The Morgan fingerprint density at radius 2 is 1.93 bits per heavy atom. The second kappa shape index (κ2) is 9.13. The van der Waals surface area contributed by atoms with Gasteiger partial charge in [0.25, 0.3) is 0 Å². The minimum Gasteiger partial charge on any atom is -0.396 e. The van der Waals surface area contributed by atoms with Crippen molar-refractivity contribution in [3.8, 4) is 0 Å². The predicted molar refractivity (Wildman–Crippen MR) is 66.2 cm³/mol. The maximum Gasteiger partial charge on any atom is 0.0431 e. The third-order valence-electron chi connectivity index (χ3n) is 2.82. The molecule has 0 aliphatic rings. The average molecular weight is 216 g/mol. The zero-order valence-corrected chi connectivity index (χ0v) is 10.8. The van der Waals surface area contributed by atoms with Crippen LogP contribution in [0.5, 0.6) is 0 Å². The molecule has 1 atom stereocenters. The van der Waals surface area contributed by atoms with Crippen LogP contribution in [0.3, 0.4) is 0 Å². The Kier molecular flexibility index (Phi) is 9.06. The molecule has 3 heteroatoms. The molecule has 92 valence electrons. The topological polar surface area (TPSA) is 35.5 Å². The molecule has 0 heterocycles. The fourth-order valence-electron chi connectivity index (χ4n) is 1.74. The van der Waals surface area contributed by atoms with Crippen molar-refractivity contribution >= 4 is 0 Å². The maximum atomic E-state index is 8.70. The van der Waals surface area contributed by atoms with Crippen LogP contribution in [0.4, 0.5) is 0 Å². The van der Waals surface area contributed by atoms with E-state index in [0.29, 0.717) is 18.7 Å². The molecule has 0 rings (SSSR count). The van der Waals surface area contributed by atoms with E-state index >= 15 is 0 Å². The number of nitrogens with zero attached hydrogens (tertiary/aromatic N) is 1. The molecule has 0 fully saturated rings. The van der Waals surface area contributed by atoms with Crippen LogP contribution in [0.1, 0.15) is 40.5 Å². The minimum absolute atomic E-state index is 0.305. The first-order valence-corrected chi connectivity index (χ1v) is 6.20. The van der Waals surface area contributed by atoms with E-state index in [0.717, 1.165) is 32.5 Å². The average Bonchev–Trinajstić information content (AvgIpc) is 2.20. The van der Waals surface area contributed by atoms with Crippen LogP contribution < -0.4 is 5.32 Å². The van der Waals surface area contributed by atoms with Crippen molar-refractivity contribution in [2.24, 2.45) is 0 Å². The van der Waals surface area contributed by atoms with E-state index in [1.54, 1.807) is 0 Å². The number of hydrogen-bond acceptors (Lipinski definition) is 3. The molecular weight excluding hydrogens is 188 g/mol. The number of rotatable bonds is 9. The van der Waals surface area contributed by atoms with Crippen molar-refractivity contribution in [2.45, 2.75) is 52.6 Å². The number of aliphatic hydroxyl groups is 1. The number of nitrogens with one attached hydrogen (secondary N) is 1. The van der Waals surface area contributed by atoms with Gasteiger partial charge >= 0.3 is 0 Å². The minimum atomic E-state index is 0.305. The van der Waals surface area contributed by atoms with Crippen molar-refractivity contribution < 1.29 is 5.11 Å². The van der Waals surface area contributed by atoms with Crippen molar-refractivity contribution in [3.63, 3.8) is 0 Å². The molecule has 0 aromatic heterocycles. The van der Waals surface area contributed by atoms with Crippen LogP contribution in [0.2, 0.25) is 0 Å². The summed E-state index contributed by atoms with van der Waals surface area (Å²) in [7, 11) is 0. The van der Waals surface area contributed by atoms with Crippen molar-refractivity contribution in [2.75, 3.05) is 26.2 Å². The lowest BCUT2D eigenvalue weighted by molar-refractivity contribution is 0.228. The van der Waals surface area contributed by atoms with Gasteiger partial charge < -0.3 is 10.4 Å². The van der Waals surface area contributed by atoms with Gasteiger partial charge in [0.1, 0.15) is 0 Å². The summed E-state index contributed by atoms with van der Waals surface area (Å²) in [5.74, 6) is 0. The highest BCUT2D eigenvalue weighted by Crippen LogP contribution is 1.97. The highest BCUT2D eigenvalue weighted by molar-refractivity contribution is 4.65. The fourth-order valence-corrected chi connectivity index (χ4v) is 1.74. The molecule has 0 saturated carbocycles. The molecule has 0 spiro atoms. The Hall–Kier alpha value is -0.120. The van der Waals surface area contributed by atoms with Crippen LogP contribution in [0.15, 0.2) is 0 Å². The zero-order valence-electron chi connectivity index (χ0n) is 10.8. The SMILES string of the molecule is CCN(CCNC(C)CCCO)C(C)C. The normalized spacial score (nSPS) is 13.8. The molecule has 3 nitrogen and oxygen atoms in total. The van der Waals surface area contributed by atoms with E-state index in [4.69, 9.17) is 5.11 Å². The molecule has 15 heavy (non-hydrogen) atoms. The molecule has 0 bridgehead atoms. The standard InChI is InChI=1S/C12H28N2O/c1-5-14(11(2)3)9-8-13-12(4)7-6-10-15/h11-13,15H,5-10H2,1-4H3. The van der Waals surface area contributed by atoms with E-state index in [1.165, 1.54) is 0 Å². The second-order valence-corrected chi connectivity index (χ2v) is 4.44. The van der Waals surface area contributed by atoms with Crippen molar-refractivity contribution in [3.05, 3.63) is 0 Å². The van der Waals surface area contributed by atoms with Crippen molar-refractivity contribution in [1.82, 2.24) is 10.2 Å². The van der Waals surface area contributed by atoms with Crippen LogP contribution in [-0.2, 0) is 0 Å². The van der Waals surface area contributed by atoms with Gasteiger partial charge in [-0.05, 0) is 40.2 Å². The summed E-state index contributed by atoms with van der Waals surface area (Å²) in [6, 6.07) is 1.15. The lowest BCUT2D eigenvalue weighted by Gasteiger charge is -2.25. The Morgan fingerprint density at radius 1 is 1.27 bits per heavy atom. The van der Waals surface area contributed by atoms with E-state index in [9.17, 15) is 0 Å². The van der Waals surface area contributed by atoms with Gasteiger partial charge in [-0.25, -0.2) is 0 Å². The first kappa shape index (κ1) is 14.9. The molecule has 0 aromatic carbocycles. The van der Waals surface area contributed by atoms with Gasteiger partial charge in [-0.1, -0.05) is 6.92 Å². The summed E-state index contributed by atoms with van der Waals surface area (Å²) in [5.41, 5.74) is 0. The maximum absolute atomic E-state index is 8.70. The fraction of sp³-hybridized carbons (Fsp3) is 1.00. The summed E-state index contributed by atoms with van der Waals surface area (Å²) < 4.78 is 0. The summed E-state index contributed by atoms with van der Waals surface area (Å²) in [4.78, 5) is 2.45. The second-order valence-electron chi connectivity index (χ2n) is 4.44. The zero-order chi connectivity index (χ0) is 11.7. The first-order valence-electron chi connectivity index (χ1n) is 6.20. The first-order chi connectivity index (χ1) is 7.11. The van der Waals surface area contributed by atoms with E-state index in [-0.39, 0.29) is 0 Å². The molecule has 0 aliphatic heterocycles. The van der Waals surface area contributed by atoms with Crippen LogP contribution >= 0.6 is 0 Å². The van der Waals surface area contributed by atoms with Gasteiger partial charge in [-0.3, -0.25) is 4.90 Å². The van der Waals surface area contributed by atoms with Gasteiger partial charge in [0.05, 0.1) is 0 Å².